The average molecular weight is 944 g/mol. The number of imidazole rings is 2. The molecule has 7 heterocycles. The summed E-state index contributed by atoms with van der Waals surface area (Å²) in [6.07, 6.45) is -1.94. The highest BCUT2D eigenvalue weighted by atomic mass is 35.5. The van der Waals surface area contributed by atoms with Gasteiger partial charge in [0.15, 0.2) is 40.5 Å². The summed E-state index contributed by atoms with van der Waals surface area (Å²) in [7, 11) is 0. The van der Waals surface area contributed by atoms with E-state index in [1.165, 1.54) is 42.6 Å². The number of halogens is 5. The number of aromatic nitrogens is 8. The fourth-order valence-electron chi connectivity index (χ4n) is 7.62. The normalized spacial score (nSPS) is 27.4. The first kappa shape index (κ1) is 47.0. The second-order valence-corrected chi connectivity index (χ2v) is 17.1. The second-order valence-electron chi connectivity index (χ2n) is 15.1. The minimum absolute atomic E-state index is 0. The molecule has 9 rings (SSSR count). The Kier molecular flexibility index (Phi) is 13.3. The molecule has 3 aliphatic heterocycles. The number of nitrogens with zero attached hydrogens (tertiary/aromatic N) is 8. The zero-order chi connectivity index (χ0) is 42.3. The number of anilines is 1. The van der Waals surface area contributed by atoms with E-state index in [1.54, 1.807) is 42.1 Å². The van der Waals surface area contributed by atoms with Gasteiger partial charge in [0.2, 0.25) is 0 Å². The van der Waals surface area contributed by atoms with Crippen molar-refractivity contribution in [3.63, 3.8) is 0 Å². The minimum Gasteiger partial charge on any atom is -0.387 e. The Labute approximate surface area is 375 Å². The first-order valence-electron chi connectivity index (χ1n) is 17.9. The molecule has 0 saturated carbocycles. The summed E-state index contributed by atoms with van der Waals surface area (Å²) in [6, 6.07) is 9.56. The Morgan fingerprint density at radius 3 is 1.72 bits per heavy atom. The zero-order valence-electron chi connectivity index (χ0n) is 31.4. The Hall–Kier alpha value is -3.53. The molecule has 6 N–H and O–H groups in total. The number of nitrogens with two attached hydrogens (primary N) is 1. The van der Waals surface area contributed by atoms with Gasteiger partial charge >= 0.3 is 0 Å². The lowest BCUT2D eigenvalue weighted by atomic mass is 9.87. The third-order valence-corrected chi connectivity index (χ3v) is 12.4. The van der Waals surface area contributed by atoms with Crippen LogP contribution in [-0.4, -0.2) is 102 Å². The number of hydrogen-bond acceptors (Lipinski definition) is 15. The van der Waals surface area contributed by atoms with Gasteiger partial charge in [0, 0.05) is 0 Å². The van der Waals surface area contributed by atoms with Crippen molar-refractivity contribution in [1.82, 2.24) is 39.0 Å². The first-order valence-corrected chi connectivity index (χ1v) is 19.8. The van der Waals surface area contributed by atoms with Gasteiger partial charge < -0.3 is 45.1 Å². The van der Waals surface area contributed by atoms with Gasteiger partial charge in [-0.25, -0.2) is 29.9 Å². The third kappa shape index (κ3) is 8.25. The Bertz CT molecular complexity index is 2560. The molecule has 3 saturated heterocycles. The van der Waals surface area contributed by atoms with Crippen molar-refractivity contribution >= 4 is 86.2 Å². The van der Waals surface area contributed by atoms with Gasteiger partial charge in [-0.1, -0.05) is 85.0 Å². The van der Waals surface area contributed by atoms with E-state index in [0.717, 1.165) is 0 Å². The number of aliphatic hydroxyl groups excluding tert-OH is 2. The zero-order valence-corrected chi connectivity index (χ0v) is 35.1. The topological polar surface area (TPSA) is 231 Å². The largest absolute Gasteiger partial charge is 0.387 e. The number of fused-ring (bicyclic) bond motifs is 3. The number of nitrogen functional groups attached to an aromatic ring is 1. The van der Waals surface area contributed by atoms with Crippen molar-refractivity contribution in [3.05, 3.63) is 98.1 Å². The first-order chi connectivity index (χ1) is 27.8. The molecule has 10 atom stereocenters. The molecule has 22 heteroatoms. The number of rotatable bonds is 6. The lowest BCUT2D eigenvalue weighted by Gasteiger charge is -2.34. The smallest absolute Gasteiger partial charge is 0.167 e. The number of benzene rings is 2. The molecule has 0 radical (unpaired) electrons. The van der Waals surface area contributed by atoms with Crippen LogP contribution in [0.1, 0.15) is 66.1 Å². The van der Waals surface area contributed by atoms with Crippen molar-refractivity contribution in [2.75, 3.05) is 5.73 Å². The summed E-state index contributed by atoms with van der Waals surface area (Å²) < 4.78 is 27.7. The summed E-state index contributed by atoms with van der Waals surface area (Å²) in [5.41, 5.74) is 5.18. The number of hydrogen-bond donors (Lipinski definition) is 5. The van der Waals surface area contributed by atoms with Crippen molar-refractivity contribution in [2.45, 2.75) is 109 Å². The van der Waals surface area contributed by atoms with E-state index >= 15 is 0 Å². The van der Waals surface area contributed by atoms with Crippen LogP contribution in [0.5, 0.6) is 0 Å². The lowest BCUT2D eigenvalue weighted by molar-refractivity contribution is -0.221. The quantitative estimate of drug-likeness (QED) is 0.110. The van der Waals surface area contributed by atoms with Crippen molar-refractivity contribution in [3.8, 4) is 0 Å². The van der Waals surface area contributed by atoms with E-state index in [9.17, 15) is 20.4 Å². The molecule has 0 aliphatic carbocycles. The molecule has 4 aromatic heterocycles. The van der Waals surface area contributed by atoms with Crippen molar-refractivity contribution < 1.29 is 39.4 Å². The summed E-state index contributed by atoms with van der Waals surface area (Å²) >= 11 is 30.4. The molecular weight excluding hydrogens is 900 g/mol. The molecule has 0 bridgehead atoms. The van der Waals surface area contributed by atoms with Crippen LogP contribution in [0.2, 0.25) is 25.2 Å². The highest BCUT2D eigenvalue weighted by molar-refractivity contribution is 6.42. The minimum atomic E-state index is -1.67. The number of ether oxygens (including phenoxy) is 4. The van der Waals surface area contributed by atoms with E-state index in [4.69, 9.17) is 82.7 Å². The lowest BCUT2D eigenvalue weighted by Crippen LogP contribution is -2.45. The van der Waals surface area contributed by atoms with E-state index in [2.05, 4.69) is 29.9 Å². The molecule has 3 fully saturated rings. The standard InChI is InChI=1S/C20H19Cl3N4O4.C17H17Cl2N5O4.2CH4/c1-19(2)30-13-14(31-19)18(27-8-26-12-16(23)24-7-25-17(12)27)29-15(13)20(3,28)9-4-5-10(21)11(22)6-9;1-17(27,7-2-3-8(18)9(19)4-7)13-11(25)12(26)16(28-13)24-6-23-10-14(20)21-5-22-15(10)24;;/h4-8,13-15,18,28H,1-3H3;2-6,11-13,16,25-27H,1H3,(H2,20,21,22);2*1H4/t13-,14+,15-,18+,20+;11-,12+,13-,16+,17+;;/m00../s1. The van der Waals surface area contributed by atoms with Gasteiger partial charge in [-0.2, -0.15) is 0 Å². The maximum atomic E-state index is 11.6. The van der Waals surface area contributed by atoms with Crippen LogP contribution in [0.15, 0.2) is 61.7 Å². The average Bonchev–Trinajstić information content (AvgIpc) is 4.00. The molecule has 328 valence electrons. The maximum absolute atomic E-state index is 11.6. The molecule has 2 aromatic carbocycles. The van der Waals surface area contributed by atoms with Crippen LogP contribution in [0, 0.1) is 0 Å². The van der Waals surface area contributed by atoms with Crippen LogP contribution in [0.4, 0.5) is 5.82 Å². The molecule has 6 aromatic rings. The number of aliphatic hydroxyl groups is 4. The second kappa shape index (κ2) is 17.2. The summed E-state index contributed by atoms with van der Waals surface area (Å²) in [5.74, 6) is -0.692. The molecule has 3 aliphatic rings. The Morgan fingerprint density at radius 1 is 0.639 bits per heavy atom. The monoisotopic (exact) mass is 941 g/mol. The summed E-state index contributed by atoms with van der Waals surface area (Å²) in [4.78, 5) is 24.7. The predicted molar refractivity (Wildman–Crippen MR) is 229 cm³/mol. The Balaban J connectivity index is 0.000000199. The van der Waals surface area contributed by atoms with E-state index < -0.39 is 66.1 Å². The highest BCUT2D eigenvalue weighted by Crippen LogP contribution is 2.49. The SMILES string of the molecule is C.C.CC1(C)O[C@@H]2[C@H](O1)[C@@H]([C@](C)(O)c1ccc(Cl)c(Cl)c1)O[C@H]2n1cnc2c(Cl)ncnc21.C[C@@](O)(c1ccc(Cl)c(Cl)c1)[C@H]1O[C@@H](n2cnc3c(N)ncnc32)[C@H](O)[C@@H]1O. The predicted octanol–water partition coefficient (Wildman–Crippen LogP) is 6.63. The van der Waals surface area contributed by atoms with Crippen LogP contribution in [-0.2, 0) is 30.1 Å². The van der Waals surface area contributed by atoms with Crippen LogP contribution >= 0.6 is 58.0 Å². The summed E-state index contributed by atoms with van der Waals surface area (Å²) in [6.45, 7) is 6.74. The van der Waals surface area contributed by atoms with Crippen LogP contribution < -0.4 is 5.73 Å². The molecule has 61 heavy (non-hydrogen) atoms. The van der Waals surface area contributed by atoms with Gasteiger partial charge in [-0.3, -0.25) is 9.13 Å². The molecular formula is C39H44Cl5N9O8. The molecule has 0 spiro atoms. The summed E-state index contributed by atoms with van der Waals surface area (Å²) in [5, 5.41) is 45.4. The van der Waals surface area contributed by atoms with Gasteiger partial charge in [-0.15, -0.1) is 0 Å². The van der Waals surface area contributed by atoms with E-state index in [-0.39, 0.29) is 30.8 Å². The third-order valence-electron chi connectivity index (χ3n) is 10.6. The van der Waals surface area contributed by atoms with Gasteiger partial charge in [0.25, 0.3) is 0 Å². The van der Waals surface area contributed by atoms with E-state index in [0.29, 0.717) is 48.5 Å². The van der Waals surface area contributed by atoms with Gasteiger partial charge in [-0.05, 0) is 63.1 Å². The molecule has 17 nitrogen and oxygen atoms in total. The van der Waals surface area contributed by atoms with Crippen molar-refractivity contribution in [2.24, 2.45) is 0 Å². The van der Waals surface area contributed by atoms with E-state index in [1.807, 2.05) is 13.8 Å². The fourth-order valence-corrected chi connectivity index (χ4v) is 8.40. The highest BCUT2D eigenvalue weighted by Gasteiger charge is 2.61. The fraction of sp³-hybridized carbons (Fsp3) is 0.436. The Morgan fingerprint density at radius 2 is 1.13 bits per heavy atom. The van der Waals surface area contributed by atoms with Crippen LogP contribution in [0.25, 0.3) is 22.3 Å². The van der Waals surface area contributed by atoms with Crippen LogP contribution in [0.3, 0.4) is 0 Å². The van der Waals surface area contributed by atoms with Gasteiger partial charge in [0.1, 0.15) is 71.5 Å². The molecule has 0 unspecified atom stereocenters. The van der Waals surface area contributed by atoms with Gasteiger partial charge in [0.05, 0.1) is 32.7 Å². The van der Waals surface area contributed by atoms with Crippen molar-refractivity contribution in [1.29, 1.82) is 0 Å². The maximum Gasteiger partial charge on any atom is 0.167 e. The molecule has 0 amide bonds.